The van der Waals surface area contributed by atoms with E-state index in [0.717, 1.165) is 14.7 Å². The van der Waals surface area contributed by atoms with Gasteiger partial charge in [-0.2, -0.15) is 0 Å². The van der Waals surface area contributed by atoms with Gasteiger partial charge in [-0.05, 0) is 46.3 Å². The van der Waals surface area contributed by atoms with Gasteiger partial charge in [-0.1, -0.05) is 11.6 Å². The number of thiazole rings is 1. The van der Waals surface area contributed by atoms with Crippen LogP contribution in [-0.2, 0) is 0 Å². The molecule has 2 N–H and O–H groups in total. The quantitative estimate of drug-likeness (QED) is 0.652. The fraction of sp³-hybridized carbons (Fsp3) is 0. The minimum atomic E-state index is 0.542. The summed E-state index contributed by atoms with van der Waals surface area (Å²) in [6.07, 6.45) is 0. The Morgan fingerprint density at radius 2 is 2.00 bits per heavy atom. The molecule has 6 heteroatoms. The Bertz CT molecular complexity index is 759. The fourth-order valence-electron chi connectivity index (χ4n) is 1.70. The van der Waals surface area contributed by atoms with Gasteiger partial charge in [-0.15, -0.1) is 11.3 Å². The van der Waals surface area contributed by atoms with Gasteiger partial charge >= 0.3 is 0 Å². The van der Waals surface area contributed by atoms with E-state index in [0.29, 0.717) is 22.2 Å². The number of rotatable bonds is 2. The summed E-state index contributed by atoms with van der Waals surface area (Å²) in [6, 6.07) is 9.12. The molecule has 19 heavy (non-hydrogen) atoms. The standard InChI is InChI=1S/C13H8BrClN2OS/c14-8-5-7(15)1-2-9(8)18-10-3-4-11-13(12(10)16)17-6-19-11/h1-6H,16H2. The van der Waals surface area contributed by atoms with Crippen LogP contribution in [0.2, 0.25) is 5.02 Å². The van der Waals surface area contributed by atoms with Crippen molar-refractivity contribution in [1.82, 2.24) is 4.98 Å². The van der Waals surface area contributed by atoms with Gasteiger partial charge in [0.05, 0.1) is 14.7 Å². The monoisotopic (exact) mass is 354 g/mol. The molecule has 3 nitrogen and oxygen atoms in total. The van der Waals surface area contributed by atoms with Crippen LogP contribution in [0, 0.1) is 0 Å². The molecule has 0 radical (unpaired) electrons. The molecule has 96 valence electrons. The molecule has 3 aromatic rings. The summed E-state index contributed by atoms with van der Waals surface area (Å²) in [5, 5.41) is 0.641. The Balaban J connectivity index is 2.03. The van der Waals surface area contributed by atoms with Crippen molar-refractivity contribution in [3.05, 3.63) is 45.3 Å². The Kier molecular flexibility index (Phi) is 3.35. The van der Waals surface area contributed by atoms with E-state index in [4.69, 9.17) is 22.1 Å². The maximum Gasteiger partial charge on any atom is 0.152 e. The third-order valence-corrected chi connectivity index (χ3v) is 4.26. The molecule has 0 spiro atoms. The zero-order valence-electron chi connectivity index (χ0n) is 9.56. The number of nitrogens with two attached hydrogens (primary N) is 1. The summed E-state index contributed by atoms with van der Waals surface area (Å²) in [5.74, 6) is 1.24. The summed E-state index contributed by atoms with van der Waals surface area (Å²) in [7, 11) is 0. The summed E-state index contributed by atoms with van der Waals surface area (Å²) in [6.45, 7) is 0. The molecule has 0 fully saturated rings. The minimum absolute atomic E-state index is 0.542. The van der Waals surface area contributed by atoms with Crippen molar-refractivity contribution >= 4 is 54.8 Å². The van der Waals surface area contributed by atoms with Gasteiger partial charge in [0, 0.05) is 5.02 Å². The molecule has 0 aliphatic rings. The Morgan fingerprint density at radius 3 is 2.79 bits per heavy atom. The van der Waals surface area contributed by atoms with Gasteiger partial charge in [-0.25, -0.2) is 4.98 Å². The van der Waals surface area contributed by atoms with Crippen LogP contribution in [0.1, 0.15) is 0 Å². The number of hydrogen-bond donors (Lipinski definition) is 1. The SMILES string of the molecule is Nc1c(Oc2ccc(Cl)cc2Br)ccc2scnc12. The lowest BCUT2D eigenvalue weighted by Gasteiger charge is -2.10. The van der Waals surface area contributed by atoms with Gasteiger partial charge in [0.15, 0.2) is 5.75 Å². The largest absolute Gasteiger partial charge is 0.454 e. The molecule has 3 rings (SSSR count). The highest BCUT2D eigenvalue weighted by Gasteiger charge is 2.10. The zero-order valence-corrected chi connectivity index (χ0v) is 12.7. The third kappa shape index (κ3) is 2.41. The molecule has 0 aliphatic carbocycles. The molecule has 0 aliphatic heterocycles. The number of ether oxygens (including phenoxy) is 1. The maximum absolute atomic E-state index is 6.07. The smallest absolute Gasteiger partial charge is 0.152 e. The molecular weight excluding hydrogens is 348 g/mol. The van der Waals surface area contributed by atoms with Crippen LogP contribution in [0.4, 0.5) is 5.69 Å². The first-order chi connectivity index (χ1) is 9.15. The third-order valence-electron chi connectivity index (χ3n) is 2.62. The fourth-order valence-corrected chi connectivity index (χ4v) is 3.16. The number of aromatic nitrogens is 1. The van der Waals surface area contributed by atoms with Gasteiger partial charge < -0.3 is 10.5 Å². The van der Waals surface area contributed by atoms with E-state index in [1.54, 1.807) is 35.0 Å². The van der Waals surface area contributed by atoms with Crippen molar-refractivity contribution < 1.29 is 4.74 Å². The molecule has 0 saturated heterocycles. The van der Waals surface area contributed by atoms with Crippen LogP contribution < -0.4 is 10.5 Å². The van der Waals surface area contributed by atoms with Crippen molar-refractivity contribution in [2.24, 2.45) is 0 Å². The summed E-state index contributed by atoms with van der Waals surface area (Å²) in [5.41, 5.74) is 9.15. The van der Waals surface area contributed by atoms with Crippen LogP contribution in [0.5, 0.6) is 11.5 Å². The first-order valence-electron chi connectivity index (χ1n) is 5.40. The predicted octanol–water partition coefficient (Wildman–Crippen LogP) is 5.09. The molecule has 0 bridgehead atoms. The first kappa shape index (κ1) is 12.7. The van der Waals surface area contributed by atoms with Gasteiger partial charge in [0.2, 0.25) is 0 Å². The highest BCUT2D eigenvalue weighted by atomic mass is 79.9. The lowest BCUT2D eigenvalue weighted by molar-refractivity contribution is 0.482. The first-order valence-corrected chi connectivity index (χ1v) is 7.45. The average Bonchev–Trinajstić information content (AvgIpc) is 2.85. The van der Waals surface area contributed by atoms with Crippen LogP contribution in [-0.4, -0.2) is 4.98 Å². The summed E-state index contributed by atoms with van der Waals surface area (Å²) >= 11 is 10.9. The number of benzene rings is 2. The molecule has 2 aromatic carbocycles. The van der Waals surface area contributed by atoms with Crippen LogP contribution in [0.3, 0.4) is 0 Å². The van der Waals surface area contributed by atoms with Crippen molar-refractivity contribution in [2.45, 2.75) is 0 Å². The van der Waals surface area contributed by atoms with Crippen molar-refractivity contribution in [1.29, 1.82) is 0 Å². The van der Waals surface area contributed by atoms with E-state index in [9.17, 15) is 0 Å². The molecule has 1 aromatic heterocycles. The number of hydrogen-bond acceptors (Lipinski definition) is 4. The van der Waals surface area contributed by atoms with E-state index < -0.39 is 0 Å². The van der Waals surface area contributed by atoms with E-state index in [1.165, 1.54) is 0 Å². The Labute approximate surface area is 127 Å². The Hall–Kier alpha value is -1.30. The topological polar surface area (TPSA) is 48.1 Å². The number of fused-ring (bicyclic) bond motifs is 1. The van der Waals surface area contributed by atoms with E-state index in [2.05, 4.69) is 20.9 Å². The zero-order chi connectivity index (χ0) is 13.4. The Morgan fingerprint density at radius 1 is 1.21 bits per heavy atom. The second kappa shape index (κ2) is 5.00. The average molecular weight is 356 g/mol. The molecule has 0 unspecified atom stereocenters. The van der Waals surface area contributed by atoms with Crippen molar-refractivity contribution in [2.75, 3.05) is 5.73 Å². The van der Waals surface area contributed by atoms with Gasteiger partial charge in [0.1, 0.15) is 17.0 Å². The molecular formula is C13H8BrClN2OS. The van der Waals surface area contributed by atoms with E-state index >= 15 is 0 Å². The van der Waals surface area contributed by atoms with Crippen LogP contribution in [0.15, 0.2) is 40.3 Å². The normalized spacial score (nSPS) is 10.8. The van der Waals surface area contributed by atoms with Gasteiger partial charge in [-0.3, -0.25) is 0 Å². The van der Waals surface area contributed by atoms with Gasteiger partial charge in [0.25, 0.3) is 0 Å². The second-order valence-corrected chi connectivity index (χ2v) is 6.03. The molecule has 0 saturated carbocycles. The van der Waals surface area contributed by atoms with E-state index in [-0.39, 0.29) is 0 Å². The second-order valence-electron chi connectivity index (χ2n) is 3.85. The maximum atomic E-state index is 6.07. The van der Waals surface area contributed by atoms with Crippen LogP contribution >= 0.6 is 38.9 Å². The predicted molar refractivity (Wildman–Crippen MR) is 83.3 cm³/mol. The highest BCUT2D eigenvalue weighted by Crippen LogP contribution is 2.37. The van der Waals surface area contributed by atoms with E-state index in [1.807, 2.05) is 12.1 Å². The van der Waals surface area contributed by atoms with Crippen LogP contribution in [0.25, 0.3) is 10.2 Å². The highest BCUT2D eigenvalue weighted by molar-refractivity contribution is 9.10. The molecule has 1 heterocycles. The molecule has 0 amide bonds. The van der Waals surface area contributed by atoms with Crippen molar-refractivity contribution in [3.63, 3.8) is 0 Å². The molecule has 0 atom stereocenters. The number of nitrogens with zero attached hydrogens (tertiary/aromatic N) is 1. The lowest BCUT2D eigenvalue weighted by Crippen LogP contribution is -1.93. The summed E-state index contributed by atoms with van der Waals surface area (Å²) < 4.78 is 7.62. The summed E-state index contributed by atoms with van der Waals surface area (Å²) in [4.78, 5) is 4.24. The number of nitrogen functional groups attached to an aromatic ring is 1. The lowest BCUT2D eigenvalue weighted by atomic mass is 10.2. The number of halogens is 2. The van der Waals surface area contributed by atoms with Crippen molar-refractivity contribution in [3.8, 4) is 11.5 Å². The minimum Gasteiger partial charge on any atom is -0.454 e. The number of anilines is 1.